The summed E-state index contributed by atoms with van der Waals surface area (Å²) in [6.07, 6.45) is -4.45. The molecule has 0 aromatic heterocycles. The van der Waals surface area contributed by atoms with E-state index in [2.05, 4.69) is 0 Å². The average molecular weight is 333 g/mol. The molecule has 0 saturated heterocycles. The third-order valence-corrected chi connectivity index (χ3v) is 4.36. The lowest BCUT2D eigenvalue weighted by atomic mass is 10.1. The molecule has 2 aromatic carbocycles. The van der Waals surface area contributed by atoms with E-state index in [4.69, 9.17) is 16.7 Å². The number of rotatable bonds is 4. The lowest BCUT2D eigenvalue weighted by molar-refractivity contribution is -0.139. The van der Waals surface area contributed by atoms with E-state index in [1.807, 2.05) is 0 Å². The first-order chi connectivity index (χ1) is 9.91. The van der Waals surface area contributed by atoms with Gasteiger partial charge in [0.15, 0.2) is 0 Å². The number of aliphatic hydroxyl groups is 1. The molecule has 0 fully saturated rings. The first-order valence-electron chi connectivity index (χ1n) is 6.09. The molecule has 0 heterocycles. The van der Waals surface area contributed by atoms with Gasteiger partial charge in [0, 0.05) is 15.7 Å². The summed E-state index contributed by atoms with van der Waals surface area (Å²) >= 11 is 7.07. The summed E-state index contributed by atoms with van der Waals surface area (Å²) in [6, 6.07) is 10.9. The van der Waals surface area contributed by atoms with E-state index in [1.165, 1.54) is 12.1 Å². The van der Waals surface area contributed by atoms with Crippen molar-refractivity contribution in [2.75, 3.05) is 0 Å². The van der Waals surface area contributed by atoms with Crippen molar-refractivity contribution in [1.29, 1.82) is 0 Å². The monoisotopic (exact) mass is 332 g/mol. The maximum Gasteiger partial charge on any atom is 0.417 e. The second-order valence-electron chi connectivity index (χ2n) is 4.37. The van der Waals surface area contributed by atoms with Crippen molar-refractivity contribution in [2.45, 2.75) is 23.4 Å². The van der Waals surface area contributed by atoms with Gasteiger partial charge in [0.1, 0.15) is 0 Å². The van der Waals surface area contributed by atoms with Crippen LogP contribution in [0, 0.1) is 0 Å². The molecule has 21 heavy (non-hydrogen) atoms. The molecule has 0 bridgehead atoms. The lowest BCUT2D eigenvalue weighted by Gasteiger charge is -2.14. The third kappa shape index (κ3) is 4.15. The first kappa shape index (κ1) is 16.2. The Bertz CT molecular complexity index is 629. The van der Waals surface area contributed by atoms with Crippen LogP contribution in [0.4, 0.5) is 13.2 Å². The van der Waals surface area contributed by atoms with E-state index in [1.54, 1.807) is 24.3 Å². The van der Waals surface area contributed by atoms with Crippen LogP contribution in [0.2, 0.25) is 5.02 Å². The molecule has 0 unspecified atom stereocenters. The zero-order chi connectivity index (χ0) is 15.5. The van der Waals surface area contributed by atoms with Crippen molar-refractivity contribution < 1.29 is 18.3 Å². The van der Waals surface area contributed by atoms with Crippen molar-refractivity contribution in [3.05, 3.63) is 64.2 Å². The molecule has 112 valence electrons. The standard InChI is InChI=1S/C15H12ClF3OS/c16-13-4-2-1-3-11(13)9-21-14-6-5-10(8-20)7-12(14)15(17,18)19/h1-7,20H,8-9H2. The molecule has 1 N–H and O–H groups in total. The summed E-state index contributed by atoms with van der Waals surface area (Å²) in [5.41, 5.74) is 0.291. The molecule has 0 spiro atoms. The van der Waals surface area contributed by atoms with Crippen LogP contribution in [-0.4, -0.2) is 5.11 Å². The fourth-order valence-corrected chi connectivity index (χ4v) is 3.13. The molecular formula is C15H12ClF3OS. The van der Waals surface area contributed by atoms with Gasteiger partial charge in [0.25, 0.3) is 0 Å². The van der Waals surface area contributed by atoms with Crippen molar-refractivity contribution in [3.63, 3.8) is 0 Å². The zero-order valence-electron chi connectivity index (χ0n) is 10.8. The molecule has 0 amide bonds. The molecule has 6 heteroatoms. The second-order valence-corrected chi connectivity index (χ2v) is 5.79. The molecule has 0 atom stereocenters. The van der Waals surface area contributed by atoms with Gasteiger partial charge in [-0.1, -0.05) is 35.9 Å². The van der Waals surface area contributed by atoms with E-state index in [0.29, 0.717) is 10.8 Å². The minimum atomic E-state index is -4.45. The summed E-state index contributed by atoms with van der Waals surface area (Å²) in [5, 5.41) is 9.50. The smallest absolute Gasteiger partial charge is 0.392 e. The molecule has 1 nitrogen and oxygen atoms in total. The average Bonchev–Trinajstić information content (AvgIpc) is 2.45. The number of halogens is 4. The lowest BCUT2D eigenvalue weighted by Crippen LogP contribution is -2.08. The fourth-order valence-electron chi connectivity index (χ4n) is 1.79. The Balaban J connectivity index is 2.26. The predicted molar refractivity (Wildman–Crippen MR) is 78.4 cm³/mol. The second kappa shape index (κ2) is 6.73. The van der Waals surface area contributed by atoms with Gasteiger partial charge in [-0.05, 0) is 29.3 Å². The fraction of sp³-hybridized carbons (Fsp3) is 0.200. The maximum atomic E-state index is 13.0. The van der Waals surface area contributed by atoms with Crippen LogP contribution in [0.5, 0.6) is 0 Å². The van der Waals surface area contributed by atoms with Gasteiger partial charge in [-0.15, -0.1) is 11.8 Å². The van der Waals surface area contributed by atoms with Crippen molar-refractivity contribution >= 4 is 23.4 Å². The highest BCUT2D eigenvalue weighted by atomic mass is 35.5. The van der Waals surface area contributed by atoms with Gasteiger partial charge in [0.05, 0.1) is 12.2 Å². The Labute approximate surface area is 129 Å². The van der Waals surface area contributed by atoms with Gasteiger partial charge < -0.3 is 5.11 Å². The maximum absolute atomic E-state index is 13.0. The highest BCUT2D eigenvalue weighted by Crippen LogP contribution is 2.38. The van der Waals surface area contributed by atoms with E-state index < -0.39 is 18.3 Å². The van der Waals surface area contributed by atoms with E-state index in [9.17, 15) is 13.2 Å². The minimum absolute atomic E-state index is 0.125. The summed E-state index contributed by atoms with van der Waals surface area (Å²) in [6.45, 7) is -0.418. The molecule has 0 saturated carbocycles. The number of thioether (sulfide) groups is 1. The van der Waals surface area contributed by atoms with Crippen molar-refractivity contribution in [3.8, 4) is 0 Å². The number of aliphatic hydroxyl groups excluding tert-OH is 1. The summed E-state index contributed by atoms with van der Waals surface area (Å²) in [5.74, 6) is 0.348. The quantitative estimate of drug-likeness (QED) is 0.782. The van der Waals surface area contributed by atoms with Crippen LogP contribution in [0.1, 0.15) is 16.7 Å². The highest BCUT2D eigenvalue weighted by Gasteiger charge is 2.33. The minimum Gasteiger partial charge on any atom is -0.392 e. The normalized spacial score (nSPS) is 11.7. The number of alkyl halides is 3. The van der Waals surface area contributed by atoms with Crippen molar-refractivity contribution in [2.24, 2.45) is 0 Å². The summed E-state index contributed by atoms with van der Waals surface area (Å²) in [7, 11) is 0. The van der Waals surface area contributed by atoms with Crippen LogP contribution >= 0.6 is 23.4 Å². The Morgan fingerprint density at radius 3 is 2.43 bits per heavy atom. The van der Waals surface area contributed by atoms with Crippen LogP contribution in [0.3, 0.4) is 0 Å². The number of hydrogen-bond donors (Lipinski definition) is 1. The van der Waals surface area contributed by atoms with Gasteiger partial charge in [-0.25, -0.2) is 0 Å². The number of benzene rings is 2. The molecular weight excluding hydrogens is 321 g/mol. The highest BCUT2D eigenvalue weighted by molar-refractivity contribution is 7.98. The summed E-state index contributed by atoms with van der Waals surface area (Å²) < 4.78 is 39.1. The molecule has 0 aliphatic carbocycles. The summed E-state index contributed by atoms with van der Waals surface area (Å²) in [4.78, 5) is 0.125. The van der Waals surface area contributed by atoms with Crippen LogP contribution in [0.15, 0.2) is 47.4 Å². The Kier molecular flexibility index (Phi) is 5.19. The Morgan fingerprint density at radius 1 is 1.10 bits per heavy atom. The third-order valence-electron chi connectivity index (χ3n) is 2.87. The van der Waals surface area contributed by atoms with E-state index >= 15 is 0 Å². The zero-order valence-corrected chi connectivity index (χ0v) is 12.4. The Hall–Kier alpha value is -1.17. The van der Waals surface area contributed by atoms with Gasteiger partial charge in [0.2, 0.25) is 0 Å². The molecule has 2 rings (SSSR count). The van der Waals surface area contributed by atoms with E-state index in [0.717, 1.165) is 23.4 Å². The van der Waals surface area contributed by atoms with Crippen molar-refractivity contribution in [1.82, 2.24) is 0 Å². The molecule has 0 radical (unpaired) electrons. The van der Waals surface area contributed by atoms with Crippen LogP contribution in [0.25, 0.3) is 0 Å². The number of hydrogen-bond acceptors (Lipinski definition) is 2. The van der Waals surface area contributed by atoms with Crippen LogP contribution < -0.4 is 0 Å². The Morgan fingerprint density at radius 2 is 1.81 bits per heavy atom. The van der Waals surface area contributed by atoms with E-state index in [-0.39, 0.29) is 10.5 Å². The first-order valence-corrected chi connectivity index (χ1v) is 7.45. The van der Waals surface area contributed by atoms with Gasteiger partial charge >= 0.3 is 6.18 Å². The molecule has 2 aromatic rings. The largest absolute Gasteiger partial charge is 0.417 e. The molecule has 0 aliphatic rings. The molecule has 0 aliphatic heterocycles. The SMILES string of the molecule is OCc1ccc(SCc2ccccc2Cl)c(C(F)(F)F)c1. The van der Waals surface area contributed by atoms with Gasteiger partial charge in [-0.2, -0.15) is 13.2 Å². The van der Waals surface area contributed by atoms with Crippen LogP contribution in [-0.2, 0) is 18.5 Å². The predicted octanol–water partition coefficient (Wildman–Crippen LogP) is 5.14. The van der Waals surface area contributed by atoms with Gasteiger partial charge in [-0.3, -0.25) is 0 Å². The topological polar surface area (TPSA) is 20.2 Å².